The fourth-order valence-electron chi connectivity index (χ4n) is 1.87. The third-order valence-electron chi connectivity index (χ3n) is 2.32. The van der Waals surface area contributed by atoms with E-state index in [1.54, 1.807) is 0 Å². The number of hydrogen-bond donors (Lipinski definition) is 0. The lowest BCUT2D eigenvalue weighted by Gasteiger charge is -2.35. The minimum absolute atomic E-state index is 0.377. The number of hydrogen-bond acceptors (Lipinski definition) is 1. The molecule has 0 aliphatic heterocycles. The molecular formula is C10H17N. The summed E-state index contributed by atoms with van der Waals surface area (Å²) in [6.07, 6.45) is 3.58. The predicted molar refractivity (Wildman–Crippen MR) is 45.9 cm³/mol. The van der Waals surface area contributed by atoms with Gasteiger partial charge in [-0.25, -0.2) is 0 Å². The molecule has 1 fully saturated rings. The Hall–Kier alpha value is -0.510. The van der Waals surface area contributed by atoms with E-state index in [0.717, 1.165) is 18.8 Å². The summed E-state index contributed by atoms with van der Waals surface area (Å²) < 4.78 is 0. The molecule has 0 spiro atoms. The highest BCUT2D eigenvalue weighted by Crippen LogP contribution is 2.40. The second-order valence-corrected chi connectivity index (χ2v) is 4.93. The average Bonchev–Trinajstić information content (AvgIpc) is 1.75. The first kappa shape index (κ1) is 8.59. The van der Waals surface area contributed by atoms with Crippen molar-refractivity contribution in [3.8, 4) is 6.07 Å². The molecule has 1 aliphatic carbocycles. The van der Waals surface area contributed by atoms with Gasteiger partial charge in [0.25, 0.3) is 0 Å². The van der Waals surface area contributed by atoms with E-state index in [4.69, 9.17) is 5.26 Å². The van der Waals surface area contributed by atoms with E-state index in [2.05, 4.69) is 26.8 Å². The van der Waals surface area contributed by atoms with Crippen LogP contribution >= 0.6 is 0 Å². The average molecular weight is 151 g/mol. The molecule has 0 atom stereocenters. The molecule has 1 saturated carbocycles. The van der Waals surface area contributed by atoms with Gasteiger partial charge < -0.3 is 0 Å². The molecule has 0 aromatic carbocycles. The molecule has 0 amide bonds. The van der Waals surface area contributed by atoms with E-state index in [1.165, 1.54) is 6.42 Å². The molecule has 1 heteroatoms. The first-order valence-electron chi connectivity index (χ1n) is 4.41. The zero-order valence-corrected chi connectivity index (χ0v) is 7.72. The van der Waals surface area contributed by atoms with Crippen molar-refractivity contribution in [2.75, 3.05) is 0 Å². The molecule has 0 heterocycles. The maximum absolute atomic E-state index is 8.55. The maximum atomic E-state index is 8.55. The molecule has 0 aromatic heterocycles. The van der Waals surface area contributed by atoms with E-state index in [-0.39, 0.29) is 0 Å². The van der Waals surface area contributed by atoms with Gasteiger partial charge in [0, 0.05) is 5.92 Å². The Bertz CT molecular complexity index is 164. The second kappa shape index (κ2) is 2.85. The summed E-state index contributed by atoms with van der Waals surface area (Å²) in [6, 6.07) is 2.32. The Morgan fingerprint density at radius 3 is 2.27 bits per heavy atom. The van der Waals surface area contributed by atoms with Crippen molar-refractivity contribution in [2.45, 2.75) is 40.0 Å². The van der Waals surface area contributed by atoms with E-state index >= 15 is 0 Å². The molecule has 62 valence electrons. The quantitative estimate of drug-likeness (QED) is 0.565. The van der Waals surface area contributed by atoms with Gasteiger partial charge in [0.1, 0.15) is 0 Å². The van der Waals surface area contributed by atoms with Gasteiger partial charge in [0.15, 0.2) is 0 Å². The largest absolute Gasteiger partial charge is 0.198 e. The monoisotopic (exact) mass is 151 g/mol. The van der Waals surface area contributed by atoms with Gasteiger partial charge in [-0.3, -0.25) is 0 Å². The Kier molecular flexibility index (Phi) is 2.23. The minimum atomic E-state index is 0.377. The lowest BCUT2D eigenvalue weighted by atomic mass is 9.69. The molecule has 1 rings (SSSR count). The highest BCUT2D eigenvalue weighted by molar-refractivity contribution is 4.94. The van der Waals surface area contributed by atoms with Crippen LogP contribution in [0.25, 0.3) is 0 Å². The molecule has 0 unspecified atom stereocenters. The summed E-state index contributed by atoms with van der Waals surface area (Å²) in [7, 11) is 0. The van der Waals surface area contributed by atoms with E-state index in [1.807, 2.05) is 0 Å². The lowest BCUT2D eigenvalue weighted by molar-refractivity contribution is 0.168. The summed E-state index contributed by atoms with van der Waals surface area (Å²) >= 11 is 0. The SMILES string of the molecule is CC(C)(C)CC1CC(C#N)C1. The Balaban J connectivity index is 2.20. The van der Waals surface area contributed by atoms with Crippen LogP contribution in [0.2, 0.25) is 0 Å². The second-order valence-electron chi connectivity index (χ2n) is 4.93. The smallest absolute Gasteiger partial charge is 0.0655 e. The summed E-state index contributed by atoms with van der Waals surface area (Å²) in [4.78, 5) is 0. The lowest BCUT2D eigenvalue weighted by Crippen LogP contribution is -2.26. The molecule has 0 radical (unpaired) electrons. The zero-order chi connectivity index (χ0) is 8.48. The Morgan fingerprint density at radius 1 is 1.36 bits per heavy atom. The van der Waals surface area contributed by atoms with E-state index < -0.39 is 0 Å². The normalized spacial score (nSPS) is 30.7. The van der Waals surface area contributed by atoms with Crippen LogP contribution in [0.3, 0.4) is 0 Å². The highest BCUT2D eigenvalue weighted by atomic mass is 14.4. The van der Waals surface area contributed by atoms with Crippen LogP contribution in [0.4, 0.5) is 0 Å². The zero-order valence-electron chi connectivity index (χ0n) is 7.72. The molecule has 11 heavy (non-hydrogen) atoms. The third-order valence-corrected chi connectivity index (χ3v) is 2.32. The van der Waals surface area contributed by atoms with Crippen LogP contribution in [0.5, 0.6) is 0 Å². The first-order valence-corrected chi connectivity index (χ1v) is 4.41. The first-order chi connectivity index (χ1) is 5.01. The Labute approximate surface area is 69.4 Å². The van der Waals surface area contributed by atoms with Gasteiger partial charge in [-0.05, 0) is 30.6 Å². The molecule has 1 aliphatic rings. The van der Waals surface area contributed by atoms with Crippen molar-refractivity contribution < 1.29 is 0 Å². The van der Waals surface area contributed by atoms with Crippen LogP contribution in [0.1, 0.15) is 40.0 Å². The number of nitriles is 1. The van der Waals surface area contributed by atoms with Crippen LogP contribution in [0, 0.1) is 28.6 Å². The van der Waals surface area contributed by atoms with Crippen LogP contribution in [-0.4, -0.2) is 0 Å². The van der Waals surface area contributed by atoms with Crippen molar-refractivity contribution in [3.05, 3.63) is 0 Å². The van der Waals surface area contributed by atoms with Crippen LogP contribution in [-0.2, 0) is 0 Å². The minimum Gasteiger partial charge on any atom is -0.198 e. The van der Waals surface area contributed by atoms with E-state index in [9.17, 15) is 0 Å². The molecular weight excluding hydrogens is 134 g/mol. The van der Waals surface area contributed by atoms with Gasteiger partial charge in [0.05, 0.1) is 6.07 Å². The molecule has 0 aromatic rings. The van der Waals surface area contributed by atoms with Crippen LogP contribution < -0.4 is 0 Å². The third kappa shape index (κ3) is 2.54. The molecule has 0 N–H and O–H groups in total. The van der Waals surface area contributed by atoms with Crippen molar-refractivity contribution in [1.29, 1.82) is 5.26 Å². The van der Waals surface area contributed by atoms with Gasteiger partial charge >= 0.3 is 0 Å². The van der Waals surface area contributed by atoms with Gasteiger partial charge in [-0.1, -0.05) is 20.8 Å². The summed E-state index contributed by atoms with van der Waals surface area (Å²) in [5, 5.41) is 8.55. The van der Waals surface area contributed by atoms with Crippen molar-refractivity contribution in [3.63, 3.8) is 0 Å². The summed E-state index contributed by atoms with van der Waals surface area (Å²) in [6.45, 7) is 6.81. The Morgan fingerprint density at radius 2 is 1.91 bits per heavy atom. The van der Waals surface area contributed by atoms with Gasteiger partial charge in [-0.15, -0.1) is 0 Å². The highest BCUT2D eigenvalue weighted by Gasteiger charge is 2.31. The molecule has 0 bridgehead atoms. The predicted octanol–water partition coefficient (Wildman–Crippen LogP) is 2.97. The topological polar surface area (TPSA) is 23.8 Å². The van der Waals surface area contributed by atoms with Gasteiger partial charge in [0.2, 0.25) is 0 Å². The fraction of sp³-hybridized carbons (Fsp3) is 0.900. The van der Waals surface area contributed by atoms with E-state index in [0.29, 0.717) is 11.3 Å². The van der Waals surface area contributed by atoms with Crippen molar-refractivity contribution >= 4 is 0 Å². The molecule has 0 saturated heterocycles. The summed E-state index contributed by atoms with van der Waals surface area (Å²) in [5.74, 6) is 1.21. The van der Waals surface area contributed by atoms with Crippen molar-refractivity contribution in [1.82, 2.24) is 0 Å². The van der Waals surface area contributed by atoms with Crippen LogP contribution in [0.15, 0.2) is 0 Å². The maximum Gasteiger partial charge on any atom is 0.0655 e. The summed E-state index contributed by atoms with van der Waals surface area (Å²) in [5.41, 5.74) is 0.449. The number of rotatable bonds is 1. The number of nitrogens with zero attached hydrogens (tertiary/aromatic N) is 1. The standard InChI is InChI=1S/C10H17N/c1-10(2,3)6-8-4-9(5-8)7-11/h8-9H,4-6H2,1-3H3. The van der Waals surface area contributed by atoms with Crippen molar-refractivity contribution in [2.24, 2.45) is 17.3 Å². The fourth-order valence-corrected chi connectivity index (χ4v) is 1.87. The molecule has 1 nitrogen and oxygen atoms in total. The van der Waals surface area contributed by atoms with Gasteiger partial charge in [-0.2, -0.15) is 5.26 Å².